The number of nitrogens with zero attached hydrogens (tertiary/aromatic N) is 3. The van der Waals surface area contributed by atoms with E-state index in [0.717, 1.165) is 5.56 Å². The largest absolute Gasteiger partial charge is 0.394 e. The first-order valence-electron chi connectivity index (χ1n) is 8.20. The first kappa shape index (κ1) is 16.9. The van der Waals surface area contributed by atoms with Gasteiger partial charge in [0.1, 0.15) is 24.1 Å². The molecule has 2 aromatic heterocycles. The lowest BCUT2D eigenvalue weighted by atomic mass is 10.1. The lowest BCUT2D eigenvalue weighted by Crippen LogP contribution is -2.33. The monoisotopic (exact) mass is 358 g/mol. The van der Waals surface area contributed by atoms with Gasteiger partial charge in [0, 0.05) is 6.42 Å². The summed E-state index contributed by atoms with van der Waals surface area (Å²) >= 11 is 0. The fourth-order valence-electron chi connectivity index (χ4n) is 3.14. The molecule has 4 unspecified atom stereocenters. The molecule has 4 N–H and O–H groups in total. The fraction of sp³-hybridized carbons (Fsp3) is 0.353. The van der Waals surface area contributed by atoms with Crippen LogP contribution in [0.15, 0.2) is 41.5 Å². The minimum absolute atomic E-state index is 0.111. The molecule has 1 saturated heterocycles. The summed E-state index contributed by atoms with van der Waals surface area (Å²) in [7, 11) is 0. The maximum atomic E-state index is 12.3. The number of aliphatic hydroxyl groups excluding tert-OH is 3. The van der Waals surface area contributed by atoms with Gasteiger partial charge in [-0.3, -0.25) is 9.36 Å². The number of imidazole rings is 1. The van der Waals surface area contributed by atoms with Gasteiger partial charge in [-0.15, -0.1) is 0 Å². The molecule has 9 heteroatoms. The molecule has 0 aliphatic carbocycles. The molecule has 26 heavy (non-hydrogen) atoms. The highest BCUT2D eigenvalue weighted by Gasteiger charge is 2.44. The van der Waals surface area contributed by atoms with Gasteiger partial charge in [0.15, 0.2) is 17.4 Å². The van der Waals surface area contributed by atoms with E-state index in [-0.39, 0.29) is 11.2 Å². The Morgan fingerprint density at radius 3 is 2.65 bits per heavy atom. The van der Waals surface area contributed by atoms with Crippen LogP contribution < -0.4 is 5.56 Å². The van der Waals surface area contributed by atoms with Crippen molar-refractivity contribution in [3.8, 4) is 0 Å². The minimum Gasteiger partial charge on any atom is -0.394 e. The van der Waals surface area contributed by atoms with E-state index in [9.17, 15) is 20.1 Å². The van der Waals surface area contributed by atoms with Crippen LogP contribution in [0, 0.1) is 0 Å². The standard InChI is InChI=1S/C17H18N4O5/c22-7-10-13(23)14(24)17(26-10)21-8-18-12-15(21)19-11(20-16(12)25)6-9-4-2-1-3-5-9/h1-5,8,10,13-14,17,22-24H,6-7H2,(H,19,20,25). The van der Waals surface area contributed by atoms with Crippen molar-refractivity contribution in [3.63, 3.8) is 0 Å². The molecule has 1 aliphatic rings. The number of benzene rings is 1. The summed E-state index contributed by atoms with van der Waals surface area (Å²) < 4.78 is 6.91. The van der Waals surface area contributed by atoms with Crippen molar-refractivity contribution in [1.82, 2.24) is 19.5 Å². The van der Waals surface area contributed by atoms with Crippen molar-refractivity contribution in [2.75, 3.05) is 6.61 Å². The van der Waals surface area contributed by atoms with Gasteiger partial charge < -0.3 is 25.0 Å². The predicted octanol–water partition coefficient (Wildman–Crippen LogP) is -0.678. The number of hydrogen-bond acceptors (Lipinski definition) is 7. The van der Waals surface area contributed by atoms with Crippen LogP contribution in [0.1, 0.15) is 17.6 Å². The fourth-order valence-corrected chi connectivity index (χ4v) is 3.14. The smallest absolute Gasteiger partial charge is 0.279 e. The molecule has 4 rings (SSSR count). The molecule has 1 aromatic carbocycles. The lowest BCUT2D eigenvalue weighted by molar-refractivity contribution is -0.0511. The Morgan fingerprint density at radius 2 is 1.96 bits per heavy atom. The maximum absolute atomic E-state index is 12.3. The molecule has 3 aromatic rings. The third-order valence-electron chi connectivity index (χ3n) is 4.49. The third-order valence-corrected chi connectivity index (χ3v) is 4.49. The molecule has 0 amide bonds. The SMILES string of the molecule is O=c1[nH]c(Cc2ccccc2)nc2c1ncn2C1OC(CO)C(O)C1O. The molecule has 0 saturated carbocycles. The lowest BCUT2D eigenvalue weighted by Gasteiger charge is -2.16. The van der Waals surface area contributed by atoms with Crippen molar-refractivity contribution >= 4 is 11.2 Å². The summed E-state index contributed by atoms with van der Waals surface area (Å²) in [6, 6.07) is 9.55. The van der Waals surface area contributed by atoms with Gasteiger partial charge in [0.05, 0.1) is 12.9 Å². The van der Waals surface area contributed by atoms with E-state index in [4.69, 9.17) is 4.74 Å². The topological polar surface area (TPSA) is 133 Å². The number of H-pyrrole nitrogens is 1. The molecule has 4 atom stereocenters. The molecular formula is C17H18N4O5. The first-order chi connectivity index (χ1) is 12.6. The third kappa shape index (κ3) is 2.80. The van der Waals surface area contributed by atoms with E-state index in [0.29, 0.717) is 12.2 Å². The highest BCUT2D eigenvalue weighted by atomic mass is 16.6. The van der Waals surface area contributed by atoms with E-state index in [1.54, 1.807) is 0 Å². The van der Waals surface area contributed by atoms with Gasteiger partial charge in [-0.25, -0.2) is 9.97 Å². The van der Waals surface area contributed by atoms with Crippen molar-refractivity contribution in [1.29, 1.82) is 0 Å². The second-order valence-corrected chi connectivity index (χ2v) is 6.23. The Kier molecular flexibility index (Phi) is 4.29. The number of aliphatic hydroxyl groups is 3. The normalized spacial score (nSPS) is 25.8. The summed E-state index contributed by atoms with van der Waals surface area (Å²) in [6.45, 7) is -0.436. The van der Waals surface area contributed by atoms with Gasteiger partial charge in [-0.2, -0.15) is 0 Å². The summed E-state index contributed by atoms with van der Waals surface area (Å²) in [5, 5.41) is 29.4. The molecular weight excluding hydrogens is 340 g/mol. The van der Waals surface area contributed by atoms with Crippen LogP contribution in [0.5, 0.6) is 0 Å². The van der Waals surface area contributed by atoms with E-state index < -0.39 is 36.7 Å². The zero-order chi connectivity index (χ0) is 18.3. The van der Waals surface area contributed by atoms with Crippen LogP contribution in [-0.2, 0) is 11.2 Å². The number of aromatic amines is 1. The van der Waals surface area contributed by atoms with Crippen molar-refractivity contribution in [2.24, 2.45) is 0 Å². The van der Waals surface area contributed by atoms with Gasteiger partial charge >= 0.3 is 0 Å². The summed E-state index contributed by atoms with van der Waals surface area (Å²) in [4.78, 5) is 23.5. The van der Waals surface area contributed by atoms with Crippen LogP contribution >= 0.6 is 0 Å². The average Bonchev–Trinajstić information content (AvgIpc) is 3.18. The molecule has 1 aliphatic heterocycles. The average molecular weight is 358 g/mol. The number of aromatic nitrogens is 4. The van der Waals surface area contributed by atoms with Gasteiger partial charge in [-0.1, -0.05) is 30.3 Å². The number of nitrogens with one attached hydrogen (secondary N) is 1. The summed E-state index contributed by atoms with van der Waals surface area (Å²) in [5.74, 6) is 0.446. The van der Waals surface area contributed by atoms with Crippen LogP contribution in [0.4, 0.5) is 0 Å². The molecule has 0 bridgehead atoms. The zero-order valence-corrected chi connectivity index (χ0v) is 13.7. The maximum Gasteiger partial charge on any atom is 0.279 e. The Labute approximate surface area is 147 Å². The molecule has 9 nitrogen and oxygen atoms in total. The van der Waals surface area contributed by atoms with Crippen molar-refractivity contribution in [3.05, 3.63) is 58.4 Å². The zero-order valence-electron chi connectivity index (χ0n) is 13.7. The Hall–Kier alpha value is -2.59. The quantitative estimate of drug-likeness (QED) is 0.486. The molecule has 3 heterocycles. The summed E-state index contributed by atoms with van der Waals surface area (Å²) in [5.41, 5.74) is 0.939. The predicted molar refractivity (Wildman–Crippen MR) is 90.4 cm³/mol. The van der Waals surface area contributed by atoms with Crippen molar-refractivity contribution in [2.45, 2.75) is 31.0 Å². The van der Waals surface area contributed by atoms with E-state index in [1.165, 1.54) is 10.9 Å². The van der Waals surface area contributed by atoms with Crippen molar-refractivity contribution < 1.29 is 20.1 Å². The van der Waals surface area contributed by atoms with Crippen LogP contribution in [0.3, 0.4) is 0 Å². The van der Waals surface area contributed by atoms with Crippen LogP contribution in [0.2, 0.25) is 0 Å². The van der Waals surface area contributed by atoms with Crippen LogP contribution in [-0.4, -0.2) is 59.8 Å². The number of rotatable bonds is 4. The number of fused-ring (bicyclic) bond motifs is 1. The molecule has 0 radical (unpaired) electrons. The number of ether oxygens (including phenoxy) is 1. The minimum atomic E-state index is -1.27. The van der Waals surface area contributed by atoms with E-state index in [2.05, 4.69) is 15.0 Å². The molecule has 1 fully saturated rings. The van der Waals surface area contributed by atoms with E-state index in [1.807, 2.05) is 30.3 Å². The first-order valence-corrected chi connectivity index (χ1v) is 8.20. The second-order valence-electron chi connectivity index (χ2n) is 6.23. The summed E-state index contributed by atoms with van der Waals surface area (Å²) in [6.07, 6.45) is -2.67. The Bertz CT molecular complexity index is 970. The van der Waals surface area contributed by atoms with Crippen LogP contribution in [0.25, 0.3) is 11.2 Å². The molecule has 0 spiro atoms. The molecule has 136 valence electrons. The Morgan fingerprint density at radius 1 is 1.19 bits per heavy atom. The van der Waals surface area contributed by atoms with Gasteiger partial charge in [0.25, 0.3) is 5.56 Å². The van der Waals surface area contributed by atoms with Gasteiger partial charge in [0.2, 0.25) is 0 Å². The van der Waals surface area contributed by atoms with E-state index >= 15 is 0 Å². The highest BCUT2D eigenvalue weighted by Crippen LogP contribution is 2.30. The van der Waals surface area contributed by atoms with Gasteiger partial charge in [-0.05, 0) is 5.56 Å². The Balaban J connectivity index is 1.74. The second kappa shape index (κ2) is 6.61. The highest BCUT2D eigenvalue weighted by molar-refractivity contribution is 5.69. The number of hydrogen-bond donors (Lipinski definition) is 4.